The van der Waals surface area contributed by atoms with Crippen LogP contribution in [0, 0.1) is 13.8 Å². The SMILES string of the molecule is Cc1nn(C)c(C)c1CCC(=O)Nc1cc(S(=O)(=O)N2CCCCC2)ccc1N(C)C. The number of aromatic nitrogens is 2. The highest BCUT2D eigenvalue weighted by molar-refractivity contribution is 7.89. The normalized spacial score (nSPS) is 15.1. The van der Waals surface area contributed by atoms with Crippen molar-refractivity contribution in [3.8, 4) is 0 Å². The first-order chi connectivity index (χ1) is 14.6. The van der Waals surface area contributed by atoms with Gasteiger partial charge in [0.05, 0.1) is 22.0 Å². The lowest BCUT2D eigenvalue weighted by atomic mass is 10.1. The fourth-order valence-corrected chi connectivity index (χ4v) is 5.59. The third kappa shape index (κ3) is 5.10. The minimum atomic E-state index is -3.57. The molecule has 0 atom stereocenters. The number of nitrogens with one attached hydrogen (secondary N) is 1. The molecule has 1 aliphatic heterocycles. The largest absolute Gasteiger partial charge is 0.376 e. The second-order valence-electron chi connectivity index (χ2n) is 8.36. The second kappa shape index (κ2) is 9.40. The van der Waals surface area contributed by atoms with Crippen LogP contribution in [-0.2, 0) is 28.3 Å². The molecule has 0 bridgehead atoms. The summed E-state index contributed by atoms with van der Waals surface area (Å²) in [5.41, 5.74) is 4.32. The molecule has 1 fully saturated rings. The zero-order chi connectivity index (χ0) is 22.8. The zero-order valence-corrected chi connectivity index (χ0v) is 19.9. The summed E-state index contributed by atoms with van der Waals surface area (Å²) in [5.74, 6) is -0.154. The highest BCUT2D eigenvalue weighted by atomic mass is 32.2. The van der Waals surface area contributed by atoms with E-state index in [-0.39, 0.29) is 10.8 Å². The Kier molecular flexibility index (Phi) is 7.06. The molecule has 2 aromatic rings. The van der Waals surface area contributed by atoms with Gasteiger partial charge in [-0.1, -0.05) is 6.42 Å². The van der Waals surface area contributed by atoms with E-state index in [1.165, 1.54) is 0 Å². The first kappa shape index (κ1) is 23.3. The molecule has 8 nitrogen and oxygen atoms in total. The van der Waals surface area contributed by atoms with E-state index in [2.05, 4.69) is 10.4 Å². The van der Waals surface area contributed by atoms with E-state index < -0.39 is 10.0 Å². The number of aryl methyl sites for hydroxylation is 2. The van der Waals surface area contributed by atoms with E-state index >= 15 is 0 Å². The van der Waals surface area contributed by atoms with Crippen LogP contribution in [0.3, 0.4) is 0 Å². The zero-order valence-electron chi connectivity index (χ0n) is 19.1. The lowest BCUT2D eigenvalue weighted by molar-refractivity contribution is -0.116. The third-order valence-electron chi connectivity index (χ3n) is 5.94. The molecule has 0 radical (unpaired) electrons. The second-order valence-corrected chi connectivity index (χ2v) is 10.3. The lowest BCUT2D eigenvalue weighted by Crippen LogP contribution is -2.35. The monoisotopic (exact) mass is 447 g/mol. The fourth-order valence-electron chi connectivity index (χ4n) is 4.05. The fraction of sp³-hybridized carbons (Fsp3) is 0.545. The van der Waals surface area contributed by atoms with Gasteiger partial charge in [0.25, 0.3) is 0 Å². The molecule has 1 aromatic carbocycles. The average molecular weight is 448 g/mol. The average Bonchev–Trinajstić information content (AvgIpc) is 2.98. The van der Waals surface area contributed by atoms with Crippen molar-refractivity contribution in [3.05, 3.63) is 35.2 Å². The van der Waals surface area contributed by atoms with Crippen molar-refractivity contribution < 1.29 is 13.2 Å². The Bertz CT molecular complexity index is 1050. The summed E-state index contributed by atoms with van der Waals surface area (Å²) in [4.78, 5) is 14.8. The van der Waals surface area contributed by atoms with Gasteiger partial charge in [-0.25, -0.2) is 8.42 Å². The van der Waals surface area contributed by atoms with Crippen LogP contribution in [0.4, 0.5) is 11.4 Å². The van der Waals surface area contributed by atoms with Gasteiger partial charge in [0.2, 0.25) is 15.9 Å². The molecule has 1 aromatic heterocycles. The molecule has 170 valence electrons. The van der Waals surface area contributed by atoms with Gasteiger partial charge in [-0.3, -0.25) is 9.48 Å². The van der Waals surface area contributed by atoms with Gasteiger partial charge >= 0.3 is 0 Å². The van der Waals surface area contributed by atoms with Crippen LogP contribution < -0.4 is 10.2 Å². The van der Waals surface area contributed by atoms with Crippen LogP contribution in [0.15, 0.2) is 23.1 Å². The maximum atomic E-state index is 13.1. The van der Waals surface area contributed by atoms with Crippen molar-refractivity contribution in [1.82, 2.24) is 14.1 Å². The van der Waals surface area contributed by atoms with Gasteiger partial charge in [0, 0.05) is 46.3 Å². The van der Waals surface area contributed by atoms with Gasteiger partial charge in [-0.05, 0) is 56.9 Å². The molecule has 0 spiro atoms. The highest BCUT2D eigenvalue weighted by Crippen LogP contribution is 2.30. The van der Waals surface area contributed by atoms with E-state index in [1.54, 1.807) is 22.5 Å². The highest BCUT2D eigenvalue weighted by Gasteiger charge is 2.27. The number of carbonyl (C=O) groups is 1. The predicted molar refractivity (Wildman–Crippen MR) is 123 cm³/mol. The van der Waals surface area contributed by atoms with Gasteiger partial charge in [0.15, 0.2) is 0 Å². The Morgan fingerprint density at radius 1 is 1.16 bits per heavy atom. The molecule has 0 unspecified atom stereocenters. The van der Waals surface area contributed by atoms with E-state index in [9.17, 15) is 13.2 Å². The number of amides is 1. The van der Waals surface area contributed by atoms with E-state index in [4.69, 9.17) is 0 Å². The number of hydrogen-bond donors (Lipinski definition) is 1. The summed E-state index contributed by atoms with van der Waals surface area (Å²) in [6.07, 6.45) is 3.70. The molecule has 3 rings (SSSR count). The first-order valence-electron chi connectivity index (χ1n) is 10.7. The number of nitrogens with zero attached hydrogens (tertiary/aromatic N) is 4. The van der Waals surface area contributed by atoms with Crippen molar-refractivity contribution in [2.45, 2.75) is 50.8 Å². The number of benzene rings is 1. The quantitative estimate of drug-likeness (QED) is 0.705. The van der Waals surface area contributed by atoms with Crippen LogP contribution in [-0.4, -0.2) is 55.6 Å². The van der Waals surface area contributed by atoms with Crippen LogP contribution in [0.1, 0.15) is 42.6 Å². The predicted octanol–water partition coefficient (Wildman–Crippen LogP) is 2.85. The first-order valence-corrected chi connectivity index (χ1v) is 12.2. The molecule has 0 saturated carbocycles. The van der Waals surface area contributed by atoms with Crippen LogP contribution in [0.5, 0.6) is 0 Å². The Balaban J connectivity index is 1.80. The molecule has 1 saturated heterocycles. The van der Waals surface area contributed by atoms with Crippen molar-refractivity contribution in [3.63, 3.8) is 0 Å². The number of rotatable bonds is 7. The van der Waals surface area contributed by atoms with Crippen LogP contribution in [0.25, 0.3) is 0 Å². The summed E-state index contributed by atoms with van der Waals surface area (Å²) in [5, 5.41) is 7.33. The molecular formula is C22H33N5O3S. The van der Waals surface area contributed by atoms with Crippen molar-refractivity contribution in [1.29, 1.82) is 0 Å². The number of anilines is 2. The minimum absolute atomic E-state index is 0.154. The van der Waals surface area contributed by atoms with Crippen LogP contribution in [0.2, 0.25) is 0 Å². The van der Waals surface area contributed by atoms with Crippen molar-refractivity contribution in [2.24, 2.45) is 7.05 Å². The molecule has 0 aliphatic carbocycles. The summed E-state index contributed by atoms with van der Waals surface area (Å²) in [7, 11) is 2.05. The van der Waals surface area contributed by atoms with Crippen molar-refractivity contribution in [2.75, 3.05) is 37.4 Å². The maximum absolute atomic E-state index is 13.1. The molecule has 1 aliphatic rings. The smallest absolute Gasteiger partial charge is 0.243 e. The molecular weight excluding hydrogens is 414 g/mol. The Hall–Kier alpha value is -2.39. The van der Waals surface area contributed by atoms with Gasteiger partial charge in [-0.2, -0.15) is 9.40 Å². The molecule has 1 N–H and O–H groups in total. The Labute approximate surface area is 185 Å². The standard InChI is InChI=1S/C22H33N5O3S/c1-16-19(17(2)26(5)24-16)10-12-22(28)23-20-15-18(9-11-21(20)25(3)4)31(29,30)27-13-7-6-8-14-27/h9,11,15H,6-8,10,12-14H2,1-5H3,(H,23,28). The van der Waals surface area contributed by atoms with Crippen molar-refractivity contribution >= 4 is 27.3 Å². The summed E-state index contributed by atoms with van der Waals surface area (Å²) in [6, 6.07) is 4.96. The summed E-state index contributed by atoms with van der Waals surface area (Å²) < 4.78 is 29.5. The number of sulfonamides is 1. The van der Waals surface area contributed by atoms with E-state index in [0.717, 1.165) is 41.9 Å². The number of carbonyl (C=O) groups excluding carboxylic acids is 1. The van der Waals surface area contributed by atoms with Crippen LogP contribution >= 0.6 is 0 Å². The summed E-state index contributed by atoms with van der Waals surface area (Å²) in [6.45, 7) is 5.03. The summed E-state index contributed by atoms with van der Waals surface area (Å²) >= 11 is 0. The van der Waals surface area contributed by atoms with E-state index in [1.807, 2.05) is 44.6 Å². The van der Waals surface area contributed by atoms with Gasteiger partial charge in [0.1, 0.15) is 0 Å². The van der Waals surface area contributed by atoms with E-state index in [0.29, 0.717) is 31.6 Å². The maximum Gasteiger partial charge on any atom is 0.243 e. The Morgan fingerprint density at radius 2 is 1.84 bits per heavy atom. The molecule has 31 heavy (non-hydrogen) atoms. The molecule has 9 heteroatoms. The van der Waals surface area contributed by atoms with Gasteiger partial charge < -0.3 is 10.2 Å². The number of hydrogen-bond acceptors (Lipinski definition) is 5. The Morgan fingerprint density at radius 3 is 2.42 bits per heavy atom. The molecule has 2 heterocycles. The minimum Gasteiger partial charge on any atom is -0.376 e. The molecule has 1 amide bonds. The lowest BCUT2D eigenvalue weighted by Gasteiger charge is -2.26. The van der Waals surface area contributed by atoms with Gasteiger partial charge in [-0.15, -0.1) is 0 Å². The topological polar surface area (TPSA) is 87.5 Å². The number of piperidine rings is 1. The third-order valence-corrected chi connectivity index (χ3v) is 7.83.